The third-order valence-electron chi connectivity index (χ3n) is 6.29. The molecule has 2 aromatic heterocycles. The van der Waals surface area contributed by atoms with E-state index in [1.54, 1.807) is 15.8 Å². The minimum absolute atomic E-state index is 0.126. The zero-order chi connectivity index (χ0) is 24.4. The molecule has 178 valence electrons. The van der Waals surface area contributed by atoms with Crippen LogP contribution >= 0.6 is 11.6 Å². The summed E-state index contributed by atoms with van der Waals surface area (Å²) in [6, 6.07) is 19.1. The van der Waals surface area contributed by atoms with E-state index in [4.69, 9.17) is 11.6 Å². The molecular formula is C27H26ClN5O2. The standard InChI is InChI=1S/C27H26ClN5O2/c1-19-11-12-24(23(28)16-19)30-25(34)20-8-7-15-32(18-20)27(35)22-17-29-33(21-9-3-2-4-10-21)26(22)31-13-5-6-14-31/h2-6,9-14,16-17,20H,7-8,15,18H2,1H3,(H,30,34). The van der Waals surface area contributed by atoms with Gasteiger partial charge >= 0.3 is 0 Å². The molecule has 2 aromatic carbocycles. The van der Waals surface area contributed by atoms with Gasteiger partial charge in [-0.15, -0.1) is 0 Å². The lowest BCUT2D eigenvalue weighted by molar-refractivity contribution is -0.121. The van der Waals surface area contributed by atoms with Crippen LogP contribution in [0.3, 0.4) is 0 Å². The van der Waals surface area contributed by atoms with Crippen molar-refractivity contribution in [2.45, 2.75) is 19.8 Å². The van der Waals surface area contributed by atoms with Crippen LogP contribution in [0.15, 0.2) is 79.3 Å². The van der Waals surface area contributed by atoms with Gasteiger partial charge in [0.05, 0.1) is 28.5 Å². The first-order chi connectivity index (χ1) is 17.0. The number of amides is 2. The van der Waals surface area contributed by atoms with E-state index in [0.29, 0.717) is 41.6 Å². The van der Waals surface area contributed by atoms with Gasteiger partial charge in [0.15, 0.2) is 5.82 Å². The summed E-state index contributed by atoms with van der Waals surface area (Å²) in [5.41, 5.74) is 2.97. The van der Waals surface area contributed by atoms with E-state index in [1.807, 2.05) is 84.5 Å². The monoisotopic (exact) mass is 487 g/mol. The van der Waals surface area contributed by atoms with Crippen molar-refractivity contribution in [2.24, 2.45) is 5.92 Å². The Bertz CT molecular complexity index is 1350. The van der Waals surface area contributed by atoms with Gasteiger partial charge in [-0.1, -0.05) is 35.9 Å². The van der Waals surface area contributed by atoms with Crippen LogP contribution in [0.25, 0.3) is 11.5 Å². The Morgan fingerprint density at radius 1 is 1.06 bits per heavy atom. The van der Waals surface area contributed by atoms with Crippen LogP contribution in [0.1, 0.15) is 28.8 Å². The molecule has 2 amide bonds. The van der Waals surface area contributed by atoms with E-state index in [-0.39, 0.29) is 17.7 Å². The zero-order valence-electron chi connectivity index (χ0n) is 19.4. The highest BCUT2D eigenvalue weighted by atomic mass is 35.5. The molecule has 0 spiro atoms. The summed E-state index contributed by atoms with van der Waals surface area (Å²) in [5, 5.41) is 7.98. The Hall–Kier alpha value is -3.84. The summed E-state index contributed by atoms with van der Waals surface area (Å²) >= 11 is 6.30. The molecular weight excluding hydrogens is 462 g/mol. The fraction of sp³-hybridized carbons (Fsp3) is 0.222. The van der Waals surface area contributed by atoms with Crippen molar-refractivity contribution >= 4 is 29.1 Å². The van der Waals surface area contributed by atoms with Crippen molar-refractivity contribution in [1.29, 1.82) is 0 Å². The summed E-state index contributed by atoms with van der Waals surface area (Å²) in [6.07, 6.45) is 6.86. The number of aromatic nitrogens is 3. The molecule has 7 nitrogen and oxygen atoms in total. The molecule has 0 aliphatic carbocycles. The molecule has 4 aromatic rings. The molecule has 1 atom stereocenters. The fourth-order valence-corrected chi connectivity index (χ4v) is 4.76. The maximum atomic E-state index is 13.7. The molecule has 0 saturated carbocycles. The third-order valence-corrected chi connectivity index (χ3v) is 6.60. The first-order valence-corrected chi connectivity index (χ1v) is 12.0. The predicted molar refractivity (Wildman–Crippen MR) is 136 cm³/mol. The first-order valence-electron chi connectivity index (χ1n) is 11.6. The minimum Gasteiger partial charge on any atom is -0.338 e. The molecule has 1 aliphatic heterocycles. The van der Waals surface area contributed by atoms with Gasteiger partial charge < -0.3 is 14.8 Å². The second-order valence-electron chi connectivity index (χ2n) is 8.78. The third kappa shape index (κ3) is 4.72. The van der Waals surface area contributed by atoms with Crippen LogP contribution in [0.2, 0.25) is 5.02 Å². The van der Waals surface area contributed by atoms with Crippen molar-refractivity contribution in [2.75, 3.05) is 18.4 Å². The van der Waals surface area contributed by atoms with Crippen LogP contribution in [0.5, 0.6) is 0 Å². The molecule has 1 unspecified atom stereocenters. The Labute approximate surface area is 208 Å². The lowest BCUT2D eigenvalue weighted by Gasteiger charge is -2.32. The molecule has 1 aliphatic rings. The van der Waals surface area contributed by atoms with Gasteiger partial charge in [0.2, 0.25) is 5.91 Å². The van der Waals surface area contributed by atoms with Gasteiger partial charge in [-0.25, -0.2) is 4.68 Å². The van der Waals surface area contributed by atoms with Crippen LogP contribution in [0, 0.1) is 12.8 Å². The average Bonchev–Trinajstić information content (AvgIpc) is 3.56. The second kappa shape index (κ2) is 9.80. The summed E-state index contributed by atoms with van der Waals surface area (Å²) < 4.78 is 3.65. The number of hydrogen-bond donors (Lipinski definition) is 1. The fourth-order valence-electron chi connectivity index (χ4n) is 4.48. The number of carbonyl (C=O) groups excluding carboxylic acids is 2. The molecule has 3 heterocycles. The predicted octanol–water partition coefficient (Wildman–Crippen LogP) is 5.12. The summed E-state index contributed by atoms with van der Waals surface area (Å²) in [6.45, 7) is 2.88. The van der Waals surface area contributed by atoms with Gasteiger partial charge in [-0.2, -0.15) is 5.10 Å². The number of anilines is 1. The molecule has 8 heteroatoms. The Morgan fingerprint density at radius 2 is 1.83 bits per heavy atom. The Balaban J connectivity index is 1.39. The number of benzene rings is 2. The normalized spacial score (nSPS) is 15.7. The number of rotatable bonds is 5. The minimum atomic E-state index is -0.315. The molecule has 1 N–H and O–H groups in total. The average molecular weight is 488 g/mol. The highest BCUT2D eigenvalue weighted by Gasteiger charge is 2.31. The molecule has 1 saturated heterocycles. The molecule has 35 heavy (non-hydrogen) atoms. The Morgan fingerprint density at radius 3 is 2.57 bits per heavy atom. The van der Waals surface area contributed by atoms with Gasteiger partial charge in [-0.3, -0.25) is 9.59 Å². The smallest absolute Gasteiger partial charge is 0.259 e. The van der Waals surface area contributed by atoms with Crippen LogP contribution in [-0.2, 0) is 4.79 Å². The maximum Gasteiger partial charge on any atom is 0.259 e. The van der Waals surface area contributed by atoms with E-state index < -0.39 is 0 Å². The van der Waals surface area contributed by atoms with Crippen molar-refractivity contribution in [1.82, 2.24) is 19.2 Å². The van der Waals surface area contributed by atoms with Crippen LogP contribution < -0.4 is 5.32 Å². The van der Waals surface area contributed by atoms with Gasteiger partial charge in [0, 0.05) is 25.5 Å². The van der Waals surface area contributed by atoms with Crippen molar-refractivity contribution < 1.29 is 9.59 Å². The lowest BCUT2D eigenvalue weighted by atomic mass is 9.96. The summed E-state index contributed by atoms with van der Waals surface area (Å²) in [7, 11) is 0. The van der Waals surface area contributed by atoms with Gasteiger partial charge in [-0.05, 0) is 61.7 Å². The van der Waals surface area contributed by atoms with Crippen LogP contribution in [0.4, 0.5) is 5.69 Å². The summed E-state index contributed by atoms with van der Waals surface area (Å²) in [5.74, 6) is 0.0918. The van der Waals surface area contributed by atoms with E-state index >= 15 is 0 Å². The van der Waals surface area contributed by atoms with Crippen molar-refractivity contribution in [3.8, 4) is 11.5 Å². The number of carbonyl (C=O) groups is 2. The lowest BCUT2D eigenvalue weighted by Crippen LogP contribution is -2.44. The number of para-hydroxylation sites is 1. The van der Waals surface area contributed by atoms with E-state index in [0.717, 1.165) is 17.7 Å². The first kappa shape index (κ1) is 22.9. The Kier molecular flexibility index (Phi) is 6.42. The molecule has 0 bridgehead atoms. The maximum absolute atomic E-state index is 13.7. The number of nitrogens with one attached hydrogen (secondary N) is 1. The topological polar surface area (TPSA) is 72.2 Å². The van der Waals surface area contributed by atoms with Crippen molar-refractivity contribution in [3.05, 3.63) is 95.4 Å². The quantitative estimate of drug-likeness (QED) is 0.425. The van der Waals surface area contributed by atoms with Gasteiger partial charge in [0.25, 0.3) is 5.91 Å². The summed E-state index contributed by atoms with van der Waals surface area (Å²) in [4.78, 5) is 28.5. The number of aryl methyl sites for hydroxylation is 1. The molecule has 1 fully saturated rings. The van der Waals surface area contributed by atoms with Crippen LogP contribution in [-0.4, -0.2) is 44.2 Å². The largest absolute Gasteiger partial charge is 0.338 e. The number of halogens is 1. The second-order valence-corrected chi connectivity index (χ2v) is 9.19. The van der Waals surface area contributed by atoms with E-state index in [2.05, 4.69) is 10.4 Å². The van der Waals surface area contributed by atoms with E-state index in [9.17, 15) is 9.59 Å². The number of hydrogen-bond acceptors (Lipinski definition) is 3. The number of nitrogens with zero attached hydrogens (tertiary/aromatic N) is 4. The highest BCUT2D eigenvalue weighted by molar-refractivity contribution is 6.33. The molecule has 0 radical (unpaired) electrons. The van der Waals surface area contributed by atoms with E-state index in [1.165, 1.54) is 0 Å². The number of piperidine rings is 1. The van der Waals surface area contributed by atoms with Crippen molar-refractivity contribution in [3.63, 3.8) is 0 Å². The highest BCUT2D eigenvalue weighted by Crippen LogP contribution is 2.27. The zero-order valence-corrected chi connectivity index (χ0v) is 20.2. The molecule has 5 rings (SSSR count). The van der Waals surface area contributed by atoms with Gasteiger partial charge in [0.1, 0.15) is 5.56 Å². The SMILES string of the molecule is Cc1ccc(NC(=O)C2CCCN(C(=O)c3cnn(-c4ccccc4)c3-n3cccc3)C2)c(Cl)c1. The number of likely N-dealkylation sites (tertiary alicyclic amines) is 1.